The number of alkyl halides is 3. The minimum absolute atomic E-state index is 0.343. The summed E-state index contributed by atoms with van der Waals surface area (Å²) in [7, 11) is 1.52. The van der Waals surface area contributed by atoms with E-state index in [0.717, 1.165) is 17.7 Å². The van der Waals surface area contributed by atoms with Crippen molar-refractivity contribution in [3.8, 4) is 0 Å². The summed E-state index contributed by atoms with van der Waals surface area (Å²) >= 11 is 0. The second kappa shape index (κ2) is 6.67. The summed E-state index contributed by atoms with van der Waals surface area (Å²) in [6, 6.07) is 0. The average molecular weight is 337 g/mol. The number of hydrogen-bond donors (Lipinski definition) is 1. The predicted octanol–water partition coefficient (Wildman–Crippen LogP) is 2.30. The number of ether oxygens (including phenoxy) is 1. The van der Waals surface area contributed by atoms with Crippen molar-refractivity contribution in [2.45, 2.75) is 38.3 Å². The van der Waals surface area contributed by atoms with Crippen molar-refractivity contribution in [1.29, 1.82) is 0 Å². The molecule has 0 aromatic rings. The fourth-order valence-electron chi connectivity index (χ4n) is 3.81. The van der Waals surface area contributed by atoms with Gasteiger partial charge in [0.25, 0.3) is 0 Å². The Bertz CT molecular complexity index is 460. The van der Waals surface area contributed by atoms with Crippen LogP contribution in [0.1, 0.15) is 32.1 Å². The van der Waals surface area contributed by atoms with Crippen molar-refractivity contribution < 1.29 is 32.6 Å². The third-order valence-corrected chi connectivity index (χ3v) is 5.14. The van der Waals surface area contributed by atoms with E-state index in [2.05, 4.69) is 0 Å². The van der Waals surface area contributed by atoms with Crippen molar-refractivity contribution in [2.24, 2.45) is 17.3 Å². The van der Waals surface area contributed by atoms with E-state index in [1.54, 1.807) is 0 Å². The molecule has 8 heteroatoms. The van der Waals surface area contributed by atoms with Crippen LogP contribution < -0.4 is 0 Å². The van der Waals surface area contributed by atoms with Crippen LogP contribution in [-0.4, -0.2) is 54.9 Å². The second-order valence-corrected chi connectivity index (χ2v) is 6.53. The van der Waals surface area contributed by atoms with Crippen molar-refractivity contribution in [3.63, 3.8) is 0 Å². The Morgan fingerprint density at radius 3 is 2.30 bits per heavy atom. The fraction of sp³-hybridized carbons (Fsp3) is 0.867. The van der Waals surface area contributed by atoms with Crippen molar-refractivity contribution >= 4 is 11.9 Å². The van der Waals surface area contributed by atoms with Gasteiger partial charge in [0, 0.05) is 26.8 Å². The molecule has 1 saturated carbocycles. The highest BCUT2D eigenvalue weighted by molar-refractivity contribution is 5.84. The SMILES string of the molecule is COCCC1(C(=O)N2C[C@@H](C(F)(F)F)[C@H](C(=O)O)C2)CCCC1. The number of carbonyl (C=O) groups excluding carboxylic acids is 1. The molecular formula is C15H22F3NO4. The summed E-state index contributed by atoms with van der Waals surface area (Å²) in [6.07, 6.45) is -1.19. The minimum Gasteiger partial charge on any atom is -0.481 e. The normalized spacial score (nSPS) is 27.4. The molecule has 1 saturated heterocycles. The van der Waals surface area contributed by atoms with Crippen molar-refractivity contribution in [1.82, 2.24) is 4.90 Å². The molecule has 2 fully saturated rings. The van der Waals surface area contributed by atoms with Gasteiger partial charge >= 0.3 is 12.1 Å². The third kappa shape index (κ3) is 3.62. The van der Waals surface area contributed by atoms with E-state index in [4.69, 9.17) is 9.84 Å². The molecule has 2 rings (SSSR count). The monoisotopic (exact) mass is 337 g/mol. The highest BCUT2D eigenvalue weighted by Gasteiger charge is 2.55. The molecule has 1 heterocycles. The van der Waals surface area contributed by atoms with Gasteiger partial charge in [0.2, 0.25) is 5.91 Å². The molecule has 1 N–H and O–H groups in total. The first-order valence-corrected chi connectivity index (χ1v) is 7.79. The van der Waals surface area contributed by atoms with Crippen LogP contribution >= 0.6 is 0 Å². The maximum Gasteiger partial charge on any atom is 0.394 e. The van der Waals surface area contributed by atoms with Crippen LogP contribution in [0, 0.1) is 17.3 Å². The minimum atomic E-state index is -4.62. The van der Waals surface area contributed by atoms with E-state index in [-0.39, 0.29) is 12.5 Å². The molecule has 132 valence electrons. The number of carboxylic acids is 1. The highest BCUT2D eigenvalue weighted by atomic mass is 19.4. The number of halogens is 3. The van der Waals surface area contributed by atoms with E-state index >= 15 is 0 Å². The lowest BCUT2D eigenvalue weighted by atomic mass is 9.81. The Balaban J connectivity index is 2.17. The number of likely N-dealkylation sites (tertiary alicyclic amines) is 1. The topological polar surface area (TPSA) is 66.8 Å². The molecule has 1 aliphatic heterocycles. The summed E-state index contributed by atoms with van der Waals surface area (Å²) in [5, 5.41) is 9.06. The Hall–Kier alpha value is -1.31. The van der Waals surface area contributed by atoms with Crippen LogP contribution in [0.15, 0.2) is 0 Å². The predicted molar refractivity (Wildman–Crippen MR) is 74.6 cm³/mol. The summed E-state index contributed by atoms with van der Waals surface area (Å²) in [5.74, 6) is -5.42. The fourth-order valence-corrected chi connectivity index (χ4v) is 3.81. The largest absolute Gasteiger partial charge is 0.481 e. The zero-order valence-corrected chi connectivity index (χ0v) is 13.1. The van der Waals surface area contributed by atoms with Gasteiger partial charge in [-0.3, -0.25) is 9.59 Å². The second-order valence-electron chi connectivity index (χ2n) is 6.53. The number of methoxy groups -OCH3 is 1. The molecule has 0 aromatic carbocycles. The average Bonchev–Trinajstić information content (AvgIpc) is 3.11. The number of aliphatic carboxylic acids is 1. The third-order valence-electron chi connectivity index (χ3n) is 5.14. The van der Waals surface area contributed by atoms with Crippen LogP contribution in [-0.2, 0) is 14.3 Å². The standard InChI is InChI=1S/C15H22F3NO4/c1-23-7-6-14(4-2-3-5-14)13(22)19-8-10(12(20)21)11(9-19)15(16,17)18/h10-11H,2-9H2,1H3,(H,20,21)/t10-,11-/m1/s1. The zero-order valence-electron chi connectivity index (χ0n) is 13.1. The first-order chi connectivity index (χ1) is 10.7. The van der Waals surface area contributed by atoms with Gasteiger partial charge in [-0.25, -0.2) is 0 Å². The molecule has 23 heavy (non-hydrogen) atoms. The zero-order chi connectivity index (χ0) is 17.3. The number of rotatable bonds is 5. The molecule has 0 aromatic heterocycles. The van der Waals surface area contributed by atoms with Gasteiger partial charge in [-0.1, -0.05) is 12.8 Å². The van der Waals surface area contributed by atoms with Crippen LogP contribution in [0.2, 0.25) is 0 Å². The first kappa shape index (κ1) is 18.0. The quantitative estimate of drug-likeness (QED) is 0.836. The molecule has 0 unspecified atom stereocenters. The lowest BCUT2D eigenvalue weighted by Crippen LogP contribution is -2.43. The molecule has 0 bridgehead atoms. The lowest BCUT2D eigenvalue weighted by Gasteiger charge is -2.32. The van der Waals surface area contributed by atoms with Gasteiger partial charge in [0.05, 0.1) is 17.3 Å². The van der Waals surface area contributed by atoms with Crippen LogP contribution in [0.4, 0.5) is 13.2 Å². The number of amides is 1. The molecular weight excluding hydrogens is 315 g/mol. The van der Waals surface area contributed by atoms with E-state index in [9.17, 15) is 22.8 Å². The van der Waals surface area contributed by atoms with E-state index in [1.165, 1.54) is 7.11 Å². The molecule has 2 aliphatic rings. The number of carboxylic acid groups (broad SMARTS) is 1. The summed E-state index contributed by atoms with van der Waals surface area (Å²) in [5.41, 5.74) is -0.695. The van der Waals surface area contributed by atoms with Gasteiger partial charge < -0.3 is 14.7 Å². The van der Waals surface area contributed by atoms with Gasteiger partial charge in [-0.2, -0.15) is 13.2 Å². The molecule has 0 radical (unpaired) electrons. The van der Waals surface area contributed by atoms with E-state index in [1.807, 2.05) is 0 Å². The van der Waals surface area contributed by atoms with Crippen molar-refractivity contribution in [3.05, 3.63) is 0 Å². The smallest absolute Gasteiger partial charge is 0.394 e. The Morgan fingerprint density at radius 1 is 1.26 bits per heavy atom. The van der Waals surface area contributed by atoms with Gasteiger partial charge in [-0.15, -0.1) is 0 Å². The van der Waals surface area contributed by atoms with Crippen molar-refractivity contribution in [2.75, 3.05) is 26.8 Å². The number of carbonyl (C=O) groups is 2. The van der Waals surface area contributed by atoms with E-state index < -0.39 is 35.9 Å². The summed E-state index contributed by atoms with van der Waals surface area (Å²) in [4.78, 5) is 25.1. The van der Waals surface area contributed by atoms with Crippen LogP contribution in [0.3, 0.4) is 0 Å². The highest BCUT2D eigenvalue weighted by Crippen LogP contribution is 2.45. The van der Waals surface area contributed by atoms with Gasteiger partial charge in [0.15, 0.2) is 0 Å². The van der Waals surface area contributed by atoms with E-state index in [0.29, 0.717) is 25.9 Å². The number of hydrogen-bond acceptors (Lipinski definition) is 3. The Kier molecular flexibility index (Phi) is 5.23. The summed E-state index contributed by atoms with van der Waals surface area (Å²) in [6.45, 7) is -0.564. The van der Waals surface area contributed by atoms with Gasteiger partial charge in [-0.05, 0) is 19.3 Å². The maximum atomic E-state index is 13.1. The molecule has 0 spiro atoms. The molecule has 1 amide bonds. The Labute approximate surface area is 132 Å². The Morgan fingerprint density at radius 2 is 1.87 bits per heavy atom. The molecule has 1 aliphatic carbocycles. The molecule has 2 atom stereocenters. The van der Waals surface area contributed by atoms with Crippen LogP contribution in [0.5, 0.6) is 0 Å². The molecule has 5 nitrogen and oxygen atoms in total. The maximum absolute atomic E-state index is 13.1. The lowest BCUT2D eigenvalue weighted by molar-refractivity contribution is -0.188. The number of nitrogens with zero attached hydrogens (tertiary/aromatic N) is 1. The first-order valence-electron chi connectivity index (χ1n) is 7.79. The van der Waals surface area contributed by atoms with Crippen LogP contribution in [0.25, 0.3) is 0 Å². The summed E-state index contributed by atoms with van der Waals surface area (Å²) < 4.78 is 44.2. The van der Waals surface area contributed by atoms with Gasteiger partial charge in [0.1, 0.15) is 0 Å².